The van der Waals surface area contributed by atoms with Crippen LogP contribution in [0.3, 0.4) is 0 Å². The molecular formula is C15H27F3O2. The van der Waals surface area contributed by atoms with Crippen molar-refractivity contribution in [2.45, 2.75) is 73.6 Å². The van der Waals surface area contributed by atoms with Gasteiger partial charge in [0.1, 0.15) is 6.10 Å². The van der Waals surface area contributed by atoms with Crippen LogP contribution in [0.2, 0.25) is 0 Å². The van der Waals surface area contributed by atoms with Crippen molar-refractivity contribution in [1.29, 1.82) is 0 Å². The number of hydrogen-bond donors (Lipinski definition) is 0. The van der Waals surface area contributed by atoms with Crippen LogP contribution in [0.15, 0.2) is 0 Å². The van der Waals surface area contributed by atoms with Crippen LogP contribution < -0.4 is 0 Å². The van der Waals surface area contributed by atoms with Crippen molar-refractivity contribution >= 4 is 5.97 Å². The van der Waals surface area contributed by atoms with Gasteiger partial charge < -0.3 is 4.74 Å². The minimum absolute atomic E-state index is 0.0930. The smallest absolute Gasteiger partial charge is 0.392 e. The van der Waals surface area contributed by atoms with E-state index >= 15 is 0 Å². The first-order valence-electron chi connectivity index (χ1n) is 6.89. The lowest BCUT2D eigenvalue weighted by Gasteiger charge is -2.34. The quantitative estimate of drug-likeness (QED) is 0.685. The molecule has 2 unspecified atom stereocenters. The molecule has 20 heavy (non-hydrogen) atoms. The lowest BCUT2D eigenvalue weighted by atomic mass is 9.72. The molecule has 0 saturated heterocycles. The summed E-state index contributed by atoms with van der Waals surface area (Å²) in [5, 5.41) is 0. The number of carbonyl (C=O) groups excluding carboxylic acids is 1. The number of alkyl halides is 3. The van der Waals surface area contributed by atoms with Crippen molar-refractivity contribution < 1.29 is 22.7 Å². The molecule has 0 aliphatic heterocycles. The summed E-state index contributed by atoms with van der Waals surface area (Å²) in [6.07, 6.45) is -5.99. The average Bonchev–Trinajstić information content (AvgIpc) is 2.06. The number of halogens is 3. The van der Waals surface area contributed by atoms with Crippen LogP contribution in [0.4, 0.5) is 13.2 Å². The summed E-state index contributed by atoms with van der Waals surface area (Å²) >= 11 is 0. The van der Waals surface area contributed by atoms with Crippen molar-refractivity contribution in [2.75, 3.05) is 0 Å². The molecule has 0 amide bonds. The van der Waals surface area contributed by atoms with E-state index in [0.717, 1.165) is 0 Å². The molecule has 0 aliphatic carbocycles. The summed E-state index contributed by atoms with van der Waals surface area (Å²) in [5.74, 6) is -0.956. The first kappa shape index (κ1) is 19.3. The molecule has 0 aliphatic rings. The van der Waals surface area contributed by atoms with E-state index in [9.17, 15) is 18.0 Å². The third kappa shape index (κ3) is 8.43. The highest BCUT2D eigenvalue weighted by Crippen LogP contribution is 2.37. The fourth-order valence-electron chi connectivity index (χ4n) is 2.00. The topological polar surface area (TPSA) is 26.3 Å². The number of ether oxygens (including phenoxy) is 1. The van der Waals surface area contributed by atoms with Gasteiger partial charge in [0.2, 0.25) is 0 Å². The van der Waals surface area contributed by atoms with Crippen molar-refractivity contribution in [3.8, 4) is 0 Å². The monoisotopic (exact) mass is 296 g/mol. The second-order valence-electron chi connectivity index (χ2n) is 7.75. The minimum atomic E-state index is -4.32. The maximum absolute atomic E-state index is 12.3. The molecule has 2 atom stereocenters. The molecule has 0 aromatic heterocycles. The minimum Gasteiger partial charge on any atom is -0.462 e. The molecule has 0 N–H and O–H groups in total. The maximum atomic E-state index is 12.3. The van der Waals surface area contributed by atoms with E-state index < -0.39 is 30.6 Å². The van der Waals surface area contributed by atoms with Gasteiger partial charge in [0.15, 0.2) is 0 Å². The number of carbonyl (C=O) groups is 1. The molecule has 0 aromatic rings. The van der Waals surface area contributed by atoms with Crippen molar-refractivity contribution in [3.63, 3.8) is 0 Å². The van der Waals surface area contributed by atoms with Crippen molar-refractivity contribution in [3.05, 3.63) is 0 Å². The van der Waals surface area contributed by atoms with Gasteiger partial charge in [0, 0.05) is 0 Å². The van der Waals surface area contributed by atoms with Gasteiger partial charge in [-0.25, -0.2) is 0 Å². The van der Waals surface area contributed by atoms with Crippen molar-refractivity contribution in [1.82, 2.24) is 0 Å². The fraction of sp³-hybridized carbons (Fsp3) is 0.933. The van der Waals surface area contributed by atoms with E-state index in [1.807, 2.05) is 41.5 Å². The van der Waals surface area contributed by atoms with Crippen LogP contribution in [-0.2, 0) is 9.53 Å². The summed E-state index contributed by atoms with van der Waals surface area (Å²) < 4.78 is 41.8. The van der Waals surface area contributed by atoms with Crippen LogP contribution in [0.25, 0.3) is 0 Å². The molecule has 5 heteroatoms. The first-order chi connectivity index (χ1) is 8.62. The number of esters is 1. The highest BCUT2D eigenvalue weighted by atomic mass is 19.4. The van der Waals surface area contributed by atoms with Gasteiger partial charge in [0.05, 0.1) is 12.3 Å². The molecule has 0 fully saturated rings. The normalized spacial score (nSPS) is 16.7. The van der Waals surface area contributed by atoms with E-state index in [4.69, 9.17) is 4.74 Å². The molecule has 2 nitrogen and oxygen atoms in total. The Morgan fingerprint density at radius 3 is 1.75 bits per heavy atom. The Morgan fingerprint density at radius 1 is 1.00 bits per heavy atom. The van der Waals surface area contributed by atoms with E-state index in [-0.39, 0.29) is 10.8 Å². The highest BCUT2D eigenvalue weighted by molar-refractivity contribution is 5.73. The van der Waals surface area contributed by atoms with Crippen LogP contribution >= 0.6 is 0 Å². The summed E-state index contributed by atoms with van der Waals surface area (Å²) in [6.45, 7) is 13.0. The Kier molecular flexibility index (Phi) is 6.12. The molecular weight excluding hydrogens is 269 g/mol. The predicted molar refractivity (Wildman–Crippen MR) is 73.2 cm³/mol. The standard InChI is InChI=1S/C15H27F3O2/c1-10(8-15(16,17)18)20-12(19)11(14(5,6)7)9-13(2,3)4/h10-11H,8-9H2,1-7H3. The second-order valence-corrected chi connectivity index (χ2v) is 7.75. The van der Waals surface area contributed by atoms with Gasteiger partial charge in [-0.3, -0.25) is 4.79 Å². The van der Waals surface area contributed by atoms with Gasteiger partial charge in [-0.1, -0.05) is 41.5 Å². The third-order valence-corrected chi connectivity index (χ3v) is 2.98. The largest absolute Gasteiger partial charge is 0.462 e. The molecule has 0 radical (unpaired) electrons. The number of rotatable bonds is 4. The number of hydrogen-bond acceptors (Lipinski definition) is 2. The van der Waals surface area contributed by atoms with Crippen LogP contribution in [0.5, 0.6) is 0 Å². The van der Waals surface area contributed by atoms with E-state index in [1.165, 1.54) is 6.92 Å². The summed E-state index contributed by atoms with van der Waals surface area (Å²) in [6, 6.07) is 0. The SMILES string of the molecule is CC(CC(F)(F)F)OC(=O)C(CC(C)(C)C)C(C)(C)C. The van der Waals surface area contributed by atoms with Gasteiger partial charge in [-0.15, -0.1) is 0 Å². The van der Waals surface area contributed by atoms with E-state index in [1.54, 1.807) is 0 Å². The molecule has 0 aromatic carbocycles. The molecule has 0 heterocycles. The molecule has 0 bridgehead atoms. The van der Waals surface area contributed by atoms with E-state index in [2.05, 4.69) is 0 Å². The fourth-order valence-corrected chi connectivity index (χ4v) is 2.00. The summed E-state index contributed by atoms with van der Waals surface area (Å²) in [5.41, 5.74) is -0.438. The Labute approximate surface area is 120 Å². The zero-order chi connectivity index (χ0) is 16.4. The van der Waals surface area contributed by atoms with Crippen LogP contribution in [0, 0.1) is 16.7 Å². The Balaban J connectivity index is 4.82. The molecule has 120 valence electrons. The Hall–Kier alpha value is -0.740. The highest BCUT2D eigenvalue weighted by Gasteiger charge is 2.38. The van der Waals surface area contributed by atoms with Gasteiger partial charge in [-0.05, 0) is 24.2 Å². The zero-order valence-corrected chi connectivity index (χ0v) is 13.5. The van der Waals surface area contributed by atoms with Gasteiger partial charge in [-0.2, -0.15) is 13.2 Å². The summed E-state index contributed by atoms with van der Waals surface area (Å²) in [4.78, 5) is 12.2. The first-order valence-corrected chi connectivity index (χ1v) is 6.89. The maximum Gasteiger partial charge on any atom is 0.392 e. The second kappa shape index (κ2) is 6.35. The van der Waals surface area contributed by atoms with Crippen molar-refractivity contribution in [2.24, 2.45) is 16.7 Å². The summed E-state index contributed by atoms with van der Waals surface area (Å²) in [7, 11) is 0. The van der Waals surface area contributed by atoms with Gasteiger partial charge >= 0.3 is 12.1 Å². The average molecular weight is 296 g/mol. The Morgan fingerprint density at radius 2 is 1.45 bits per heavy atom. The molecule has 0 rings (SSSR count). The molecule has 0 spiro atoms. The lowest BCUT2D eigenvalue weighted by molar-refractivity contribution is -0.176. The van der Waals surface area contributed by atoms with Gasteiger partial charge in [0.25, 0.3) is 0 Å². The third-order valence-electron chi connectivity index (χ3n) is 2.98. The molecule has 0 saturated carbocycles. The predicted octanol–water partition coefficient (Wildman–Crippen LogP) is 4.97. The van der Waals surface area contributed by atoms with E-state index in [0.29, 0.717) is 6.42 Å². The van der Waals surface area contributed by atoms with Crippen LogP contribution in [0.1, 0.15) is 61.3 Å². The Bertz CT molecular complexity index is 321. The zero-order valence-electron chi connectivity index (χ0n) is 13.5. The lowest BCUT2D eigenvalue weighted by Crippen LogP contribution is -2.36. The van der Waals surface area contributed by atoms with Crippen LogP contribution in [-0.4, -0.2) is 18.2 Å².